The Hall–Kier alpha value is -2.66. The molecule has 17 nitrogen and oxygen atoms in total. The van der Waals surface area contributed by atoms with Crippen LogP contribution in [0.25, 0.3) is 0 Å². The largest absolute Gasteiger partial charge is 1.00 e. The van der Waals surface area contributed by atoms with Crippen molar-refractivity contribution in [2.75, 3.05) is 34.5 Å². The van der Waals surface area contributed by atoms with Crippen molar-refractivity contribution >= 4 is 31.9 Å². The number of ketones is 2. The van der Waals surface area contributed by atoms with Crippen LogP contribution in [-0.2, 0) is 89.2 Å². The number of aliphatic hydroxyl groups is 1. The van der Waals surface area contributed by atoms with Gasteiger partial charge in [-0.25, -0.2) is 0 Å². The van der Waals surface area contributed by atoms with Crippen LogP contribution in [0.4, 0.5) is 0 Å². The third-order valence-corrected chi connectivity index (χ3v) is 12.7. The third-order valence-electron chi connectivity index (χ3n) is 12.7. The van der Waals surface area contributed by atoms with E-state index in [-0.39, 0.29) is 125 Å². The van der Waals surface area contributed by atoms with Crippen molar-refractivity contribution in [3.8, 4) is 0 Å². The molecular weight excluding hydrogens is 846 g/mol. The molecule has 8 saturated heterocycles. The molecule has 8 fully saturated rings. The van der Waals surface area contributed by atoms with Crippen LogP contribution in [0.3, 0.4) is 0 Å². The summed E-state index contributed by atoms with van der Waals surface area (Å²) in [4.78, 5) is 49.2. The topological polar surface area (TPSA) is 199 Å². The Morgan fingerprint density at radius 2 is 0.969 bits per heavy atom. The van der Waals surface area contributed by atoms with E-state index >= 15 is 0 Å². The Morgan fingerprint density at radius 1 is 0.594 bits per heavy atom. The molecule has 0 amide bonds. The summed E-state index contributed by atoms with van der Waals surface area (Å²) < 4.78 is 69.8. The molecule has 0 aliphatic carbocycles. The molecule has 10 rings (SSSR count). The molecule has 0 saturated carbocycles. The summed E-state index contributed by atoms with van der Waals surface area (Å²) in [5.74, 6) is -3.61. The minimum absolute atomic E-state index is 0. The number of fused-ring (bicyclic) bond motifs is 6. The first kappa shape index (κ1) is 50.8. The Kier molecular flexibility index (Phi) is 17.8. The van der Waals surface area contributed by atoms with Crippen LogP contribution in [0.2, 0.25) is 0 Å². The Morgan fingerprint density at radius 3 is 1.34 bits per heavy atom. The van der Waals surface area contributed by atoms with E-state index in [1.807, 2.05) is 60.7 Å². The van der Waals surface area contributed by atoms with Crippen LogP contribution in [0.15, 0.2) is 60.7 Å². The quantitative estimate of drug-likeness (QED) is 0.143. The zero-order chi connectivity index (χ0) is 43.4. The zero-order valence-electron chi connectivity index (χ0n) is 37.7. The first-order valence-corrected chi connectivity index (χ1v) is 21.4. The molecule has 2 aromatic rings. The SMILES string of the molecule is CO.COC(=O)C[C@H]1CC[C@@H]2O[C@H]3C(=O)[C@@]4(CCOCc5ccccc5)OC([C@H]2O1)[C@@H]3O4.COC(=O)C[C@H]1CC[C@@H]2O[C@H]3C(=O)[C@@]4(CCOCc5ccccc5)OC([C@H]2O1)[C@@H]3O4.[B].[H-].[Na+]. The van der Waals surface area contributed by atoms with E-state index < -0.39 is 36.0 Å². The van der Waals surface area contributed by atoms with Crippen molar-refractivity contribution < 1.29 is 112 Å². The second-order valence-electron chi connectivity index (χ2n) is 16.5. The Labute approximate surface area is 398 Å². The van der Waals surface area contributed by atoms with E-state index in [9.17, 15) is 19.2 Å². The first-order chi connectivity index (χ1) is 30.2. The van der Waals surface area contributed by atoms with Gasteiger partial charge in [0.1, 0.15) is 36.6 Å². The third kappa shape index (κ3) is 10.4. The van der Waals surface area contributed by atoms with E-state index in [0.29, 0.717) is 65.0 Å². The van der Waals surface area contributed by atoms with E-state index in [0.717, 1.165) is 18.2 Å². The second kappa shape index (κ2) is 22.4. The van der Waals surface area contributed by atoms with Gasteiger partial charge < -0.3 is 63.4 Å². The van der Waals surface area contributed by atoms with E-state index in [4.69, 9.17) is 61.9 Å². The average Bonchev–Trinajstić information content (AvgIpc) is 4.04. The number of carbonyl (C=O) groups is 4. The smallest absolute Gasteiger partial charge is 1.00 e. The summed E-state index contributed by atoms with van der Waals surface area (Å²) in [6.07, 6.45) is -0.939. The number of rotatable bonds is 14. The molecule has 14 atom stereocenters. The van der Waals surface area contributed by atoms with Crippen LogP contribution in [0.5, 0.6) is 0 Å². The molecule has 19 heteroatoms. The summed E-state index contributed by atoms with van der Waals surface area (Å²) in [6.45, 7) is 1.57. The minimum Gasteiger partial charge on any atom is -1.00 e. The van der Waals surface area contributed by atoms with Crippen molar-refractivity contribution in [2.24, 2.45) is 0 Å². The number of aliphatic hydroxyl groups excluding tert-OH is 1. The molecule has 2 aromatic carbocycles. The molecule has 343 valence electrons. The number of esters is 2. The predicted octanol–water partition coefficient (Wildman–Crippen LogP) is -0.587. The maximum atomic E-state index is 13.0. The van der Waals surface area contributed by atoms with Crippen molar-refractivity contribution in [1.82, 2.24) is 0 Å². The second-order valence-corrected chi connectivity index (χ2v) is 16.5. The van der Waals surface area contributed by atoms with Gasteiger partial charge in [-0.15, -0.1) is 0 Å². The molecule has 8 heterocycles. The molecule has 0 spiro atoms. The monoisotopic (exact) mass is 903 g/mol. The number of hydrogen-bond donors (Lipinski definition) is 1. The van der Waals surface area contributed by atoms with Crippen LogP contribution in [-0.4, -0.2) is 156 Å². The molecule has 8 aliphatic heterocycles. The fourth-order valence-corrected chi connectivity index (χ4v) is 9.71. The molecule has 8 aliphatic rings. The van der Waals surface area contributed by atoms with Gasteiger partial charge in [-0.1, -0.05) is 60.7 Å². The molecular formula is C45H57BNaO17. The van der Waals surface area contributed by atoms with Crippen molar-refractivity contribution in [3.63, 3.8) is 0 Å². The summed E-state index contributed by atoms with van der Waals surface area (Å²) in [5.41, 5.74) is 2.13. The van der Waals surface area contributed by atoms with Gasteiger partial charge in [-0.2, -0.15) is 0 Å². The Balaban J connectivity index is 0.000000225. The minimum atomic E-state index is -1.33. The molecule has 3 radical (unpaired) electrons. The zero-order valence-corrected chi connectivity index (χ0v) is 38.7. The number of ether oxygens (including phenoxy) is 12. The number of hydrogen-bond acceptors (Lipinski definition) is 17. The van der Waals surface area contributed by atoms with Crippen molar-refractivity contribution in [1.29, 1.82) is 0 Å². The fourth-order valence-electron chi connectivity index (χ4n) is 9.71. The van der Waals surface area contributed by atoms with Gasteiger partial charge in [-0.05, 0) is 36.8 Å². The van der Waals surface area contributed by atoms with Gasteiger partial charge in [0, 0.05) is 28.4 Å². The Bertz CT molecular complexity index is 1750. The van der Waals surface area contributed by atoms with Gasteiger partial charge in [0.05, 0.1) is 77.9 Å². The van der Waals surface area contributed by atoms with Crippen LogP contribution in [0.1, 0.15) is 63.9 Å². The number of benzene rings is 2. The summed E-state index contributed by atoms with van der Waals surface area (Å²) in [7, 11) is 3.73. The van der Waals surface area contributed by atoms with Crippen LogP contribution in [0, 0.1) is 0 Å². The fraction of sp³-hybridized carbons (Fsp3) is 0.644. The first-order valence-electron chi connectivity index (χ1n) is 21.4. The van der Waals surface area contributed by atoms with Crippen molar-refractivity contribution in [2.45, 2.75) is 149 Å². The van der Waals surface area contributed by atoms with Crippen LogP contribution >= 0.6 is 0 Å². The van der Waals surface area contributed by atoms with E-state index in [2.05, 4.69) is 0 Å². The average molecular weight is 904 g/mol. The van der Waals surface area contributed by atoms with E-state index in [1.165, 1.54) is 14.2 Å². The molecule has 4 bridgehead atoms. The van der Waals surface area contributed by atoms with Gasteiger partial charge in [0.25, 0.3) is 0 Å². The van der Waals surface area contributed by atoms with Crippen molar-refractivity contribution in [3.05, 3.63) is 71.8 Å². The van der Waals surface area contributed by atoms with E-state index in [1.54, 1.807) is 0 Å². The molecule has 0 aromatic heterocycles. The molecule has 64 heavy (non-hydrogen) atoms. The maximum Gasteiger partial charge on any atom is 1.00 e. The van der Waals surface area contributed by atoms with Crippen LogP contribution < -0.4 is 29.6 Å². The number of Topliss-reactive ketones (excluding diaryl/α,β-unsaturated/α-hetero) is 2. The summed E-state index contributed by atoms with van der Waals surface area (Å²) >= 11 is 0. The summed E-state index contributed by atoms with van der Waals surface area (Å²) in [5, 5.41) is 7.00. The molecule has 1 N–H and O–H groups in total. The maximum absolute atomic E-state index is 13.0. The normalized spacial score (nSPS) is 36.7. The summed E-state index contributed by atoms with van der Waals surface area (Å²) in [6, 6.07) is 19.7. The van der Waals surface area contributed by atoms with Gasteiger partial charge in [0.15, 0.2) is 12.2 Å². The van der Waals surface area contributed by atoms with Gasteiger partial charge >= 0.3 is 41.5 Å². The number of carbonyl (C=O) groups excluding carboxylic acids is 4. The number of methoxy groups -OCH3 is 2. The standard InChI is InChI=1S/2C22H26O8.CH4O.B.Na.H/c2*1-25-16(23)11-14-7-8-15-17(27-14)18-19-20(28-15)21(24)22(29-18,30-19)9-10-26-12-13-5-3-2-4-6-13;1-2;;;/h2*2-6,14-15,17-20H,7-12H2,1H3;2H,1H3;;;/q;;;;+1;-1/t2*14-,15+,17+,18?,19+,20-,22+;;;;/m11..../s1. The molecule has 2 unspecified atom stereocenters. The van der Waals surface area contributed by atoms with Gasteiger partial charge in [0.2, 0.25) is 23.1 Å². The van der Waals surface area contributed by atoms with Gasteiger partial charge in [-0.3, -0.25) is 19.2 Å². The predicted molar refractivity (Wildman–Crippen MR) is 218 cm³/mol.